The number of unbranched alkanes of at least 4 members (excludes halogenated alkanes) is 6. The molecule has 180 valence electrons. The summed E-state index contributed by atoms with van der Waals surface area (Å²) >= 11 is 0. The van der Waals surface area contributed by atoms with E-state index in [1.807, 2.05) is 21.1 Å². The van der Waals surface area contributed by atoms with Crippen molar-refractivity contribution in [2.45, 2.75) is 96.7 Å². The third-order valence-corrected chi connectivity index (χ3v) is 5.64. The van der Waals surface area contributed by atoms with E-state index in [0.717, 1.165) is 45.1 Å². The topological polar surface area (TPSA) is 85.2 Å². The number of hydrogen-bond donors (Lipinski definition) is 2. The Morgan fingerprint density at radius 3 is 2.17 bits per heavy atom. The Kier molecular flexibility index (Phi) is 16.2. The molecule has 0 heterocycles. The molecule has 8 heteroatoms. The van der Waals surface area contributed by atoms with Gasteiger partial charge in [-0.2, -0.15) is 0 Å². The molecule has 0 aromatic carbocycles. The van der Waals surface area contributed by atoms with Gasteiger partial charge in [-0.1, -0.05) is 45.4 Å². The third kappa shape index (κ3) is 19.7. The molecule has 2 atom stereocenters. The van der Waals surface area contributed by atoms with Crippen molar-refractivity contribution in [1.82, 2.24) is 0 Å². The number of quaternary nitrogens is 1. The summed E-state index contributed by atoms with van der Waals surface area (Å²) in [6, 6.07) is 0. The fourth-order valence-corrected chi connectivity index (χ4v) is 3.94. The number of carbonyl (C=O) groups is 1. The molecule has 0 aromatic heterocycles. The molecule has 0 aliphatic rings. The summed E-state index contributed by atoms with van der Waals surface area (Å²) in [5.74, 6) is -0.940. The maximum atomic E-state index is 11.0. The fraction of sp³-hybridized carbons (Fsp3) is 0.955. The largest absolute Gasteiger partial charge is 0.481 e. The third-order valence-electron chi connectivity index (χ3n) is 4.76. The smallest absolute Gasteiger partial charge is 0.330 e. The van der Waals surface area contributed by atoms with Crippen molar-refractivity contribution in [2.75, 3.05) is 40.9 Å². The van der Waals surface area contributed by atoms with Gasteiger partial charge in [0.1, 0.15) is 12.6 Å². The number of ether oxygens (including phenoxy) is 1. The standard InChI is InChI=1S/C22H46NO6P/c1-7-8-12-15-22(2,3)27-16-13-10-9-11-14-17-28-30(26)29-20(18-21(24)25)19-23(4,5)6/h20,26H,7-19H2,1-6H3/p+1/t20?,30-/m0/s1. The van der Waals surface area contributed by atoms with E-state index in [1.165, 1.54) is 19.3 Å². The van der Waals surface area contributed by atoms with E-state index in [9.17, 15) is 9.69 Å². The van der Waals surface area contributed by atoms with Gasteiger partial charge in [-0.25, -0.2) is 0 Å². The average molecular weight is 453 g/mol. The van der Waals surface area contributed by atoms with E-state index in [-0.39, 0.29) is 12.0 Å². The first-order valence-corrected chi connectivity index (χ1v) is 12.5. The molecule has 0 aliphatic heterocycles. The quantitative estimate of drug-likeness (QED) is 0.152. The highest BCUT2D eigenvalue weighted by molar-refractivity contribution is 7.40. The molecule has 0 aromatic rings. The summed E-state index contributed by atoms with van der Waals surface area (Å²) in [5, 5.41) is 9.01. The lowest BCUT2D eigenvalue weighted by Crippen LogP contribution is -2.42. The minimum atomic E-state index is -2.05. The van der Waals surface area contributed by atoms with Crippen LogP contribution in [0.25, 0.3) is 0 Å². The zero-order chi connectivity index (χ0) is 23.0. The van der Waals surface area contributed by atoms with E-state index < -0.39 is 20.7 Å². The normalized spacial score (nSPS) is 14.6. The highest BCUT2D eigenvalue weighted by atomic mass is 31.2. The molecule has 0 amide bonds. The first-order chi connectivity index (χ1) is 13.9. The van der Waals surface area contributed by atoms with Gasteiger partial charge in [0.15, 0.2) is 0 Å². The highest BCUT2D eigenvalue weighted by Crippen LogP contribution is 2.36. The van der Waals surface area contributed by atoms with Crippen LogP contribution in [-0.2, 0) is 18.6 Å². The molecule has 0 spiro atoms. The zero-order valence-electron chi connectivity index (χ0n) is 20.2. The molecular formula is C22H47NO6P+. The van der Waals surface area contributed by atoms with Gasteiger partial charge >= 0.3 is 14.6 Å². The van der Waals surface area contributed by atoms with Gasteiger partial charge in [0.2, 0.25) is 0 Å². The summed E-state index contributed by atoms with van der Waals surface area (Å²) in [4.78, 5) is 20.9. The van der Waals surface area contributed by atoms with Gasteiger partial charge in [-0.05, 0) is 33.1 Å². The lowest BCUT2D eigenvalue weighted by molar-refractivity contribution is -0.873. The lowest BCUT2D eigenvalue weighted by Gasteiger charge is -2.29. The van der Waals surface area contributed by atoms with Crippen LogP contribution in [0, 0.1) is 0 Å². The fourth-order valence-electron chi connectivity index (χ4n) is 3.20. The summed E-state index contributed by atoms with van der Waals surface area (Å²) in [6.07, 6.45) is 9.33. The summed E-state index contributed by atoms with van der Waals surface area (Å²) in [5.41, 5.74) is -0.0221. The van der Waals surface area contributed by atoms with Gasteiger partial charge in [0.05, 0.1) is 39.8 Å². The summed E-state index contributed by atoms with van der Waals surface area (Å²) in [7, 11) is 3.82. The van der Waals surface area contributed by atoms with E-state index in [4.69, 9.17) is 18.9 Å². The number of nitrogens with zero attached hydrogens (tertiary/aromatic N) is 1. The molecule has 0 aliphatic carbocycles. The van der Waals surface area contributed by atoms with Crippen molar-refractivity contribution in [3.8, 4) is 0 Å². The predicted octanol–water partition coefficient (Wildman–Crippen LogP) is 5.11. The second kappa shape index (κ2) is 16.3. The van der Waals surface area contributed by atoms with E-state index in [1.54, 1.807) is 0 Å². The molecule has 0 radical (unpaired) electrons. The van der Waals surface area contributed by atoms with Crippen molar-refractivity contribution < 1.29 is 33.1 Å². The number of carboxylic acid groups (broad SMARTS) is 1. The molecule has 0 bridgehead atoms. The number of carboxylic acids is 1. The van der Waals surface area contributed by atoms with Crippen LogP contribution in [0.4, 0.5) is 0 Å². The molecule has 7 nitrogen and oxygen atoms in total. The van der Waals surface area contributed by atoms with E-state index in [0.29, 0.717) is 17.6 Å². The Labute approximate surface area is 185 Å². The van der Waals surface area contributed by atoms with Crippen LogP contribution in [0.2, 0.25) is 0 Å². The van der Waals surface area contributed by atoms with E-state index >= 15 is 0 Å². The van der Waals surface area contributed by atoms with Gasteiger partial charge in [-0.15, -0.1) is 0 Å². The van der Waals surface area contributed by atoms with Gasteiger partial charge in [-0.3, -0.25) is 4.79 Å². The second-order valence-electron chi connectivity index (χ2n) is 9.70. The van der Waals surface area contributed by atoms with Crippen molar-refractivity contribution >= 4 is 14.6 Å². The van der Waals surface area contributed by atoms with Crippen LogP contribution in [0.3, 0.4) is 0 Å². The zero-order valence-corrected chi connectivity index (χ0v) is 21.1. The Morgan fingerprint density at radius 1 is 1.00 bits per heavy atom. The minimum absolute atomic E-state index is 0.0221. The van der Waals surface area contributed by atoms with Gasteiger partial charge < -0.3 is 28.3 Å². The highest BCUT2D eigenvalue weighted by Gasteiger charge is 2.25. The number of aliphatic carboxylic acids is 1. The number of likely N-dealkylation sites (N-methyl/N-ethyl adjacent to an activating group) is 1. The Hall–Kier alpha value is -0.300. The second-order valence-corrected chi connectivity index (χ2v) is 10.6. The lowest BCUT2D eigenvalue weighted by atomic mass is 10.0. The molecule has 0 saturated carbocycles. The first-order valence-electron chi connectivity index (χ1n) is 11.4. The maximum Gasteiger partial charge on any atom is 0.330 e. The van der Waals surface area contributed by atoms with Crippen LogP contribution >= 0.6 is 8.60 Å². The number of rotatable bonds is 20. The Bertz CT molecular complexity index is 442. The maximum absolute atomic E-state index is 11.0. The van der Waals surface area contributed by atoms with Crippen LogP contribution in [0.1, 0.15) is 85.0 Å². The van der Waals surface area contributed by atoms with Gasteiger partial charge in [0.25, 0.3) is 0 Å². The molecule has 2 N–H and O–H groups in total. The van der Waals surface area contributed by atoms with E-state index in [2.05, 4.69) is 20.8 Å². The molecule has 0 saturated heterocycles. The van der Waals surface area contributed by atoms with Gasteiger partial charge in [0, 0.05) is 6.61 Å². The summed E-state index contributed by atoms with van der Waals surface area (Å²) in [6.45, 7) is 8.30. The van der Waals surface area contributed by atoms with Crippen LogP contribution in [0.15, 0.2) is 0 Å². The molecular weight excluding hydrogens is 405 g/mol. The molecule has 0 rings (SSSR count). The minimum Gasteiger partial charge on any atom is -0.481 e. The Morgan fingerprint density at radius 2 is 1.60 bits per heavy atom. The van der Waals surface area contributed by atoms with Crippen molar-refractivity contribution in [2.24, 2.45) is 0 Å². The van der Waals surface area contributed by atoms with Crippen molar-refractivity contribution in [3.63, 3.8) is 0 Å². The average Bonchev–Trinajstić information content (AvgIpc) is 2.58. The van der Waals surface area contributed by atoms with Crippen molar-refractivity contribution in [1.29, 1.82) is 0 Å². The molecule has 1 unspecified atom stereocenters. The van der Waals surface area contributed by atoms with Crippen molar-refractivity contribution in [3.05, 3.63) is 0 Å². The van der Waals surface area contributed by atoms with Crippen LogP contribution < -0.4 is 0 Å². The van der Waals surface area contributed by atoms with Crippen LogP contribution in [0.5, 0.6) is 0 Å². The first kappa shape index (κ1) is 29.7. The Balaban J connectivity index is 3.78. The summed E-state index contributed by atoms with van der Waals surface area (Å²) < 4.78 is 17.4. The number of hydrogen-bond acceptors (Lipinski definition) is 5. The predicted molar refractivity (Wildman–Crippen MR) is 122 cm³/mol. The molecule has 30 heavy (non-hydrogen) atoms. The van der Waals surface area contributed by atoms with Crippen LogP contribution in [-0.4, -0.2) is 73.1 Å². The monoisotopic (exact) mass is 452 g/mol. The SMILES string of the molecule is CCCCCC(C)(C)OCCCCCCCO[P@](O)OC(CC(=O)O)C[N+](C)(C)C. The molecule has 0 fully saturated rings.